The van der Waals surface area contributed by atoms with Crippen LogP contribution >= 0.6 is 23.1 Å². The van der Waals surface area contributed by atoms with E-state index >= 15 is 0 Å². The molecule has 0 amide bonds. The van der Waals surface area contributed by atoms with Gasteiger partial charge in [0.25, 0.3) is 0 Å². The largest absolute Gasteiger partial charge is 0.384 e. The summed E-state index contributed by atoms with van der Waals surface area (Å²) in [6.07, 6.45) is 0. The molecule has 2 aromatic heterocycles. The predicted octanol–water partition coefficient (Wildman–Crippen LogP) is 4.91. The number of aryl methyl sites for hydroxylation is 1. The van der Waals surface area contributed by atoms with Crippen molar-refractivity contribution in [3.8, 4) is 10.6 Å². The van der Waals surface area contributed by atoms with Crippen LogP contribution in [0.15, 0.2) is 40.9 Å². The van der Waals surface area contributed by atoms with Crippen LogP contribution in [0.4, 0.5) is 5.82 Å². The topological polar surface area (TPSA) is 64.7 Å². The quantitative estimate of drug-likeness (QED) is 0.520. The van der Waals surface area contributed by atoms with Gasteiger partial charge in [0.1, 0.15) is 10.8 Å². The highest BCUT2D eigenvalue weighted by atomic mass is 32.2. The third-order valence-corrected chi connectivity index (χ3v) is 5.40. The molecule has 0 fully saturated rings. The Bertz CT molecular complexity index is 805. The molecule has 124 valence electrons. The SMILES string of the molecule is Cc1cc(N)nc(SCc2csc(-c3ccc(C(C)C)cc3)n2)n1. The molecule has 3 aromatic rings. The Morgan fingerprint density at radius 3 is 2.54 bits per heavy atom. The van der Waals surface area contributed by atoms with E-state index in [0.29, 0.717) is 16.9 Å². The third kappa shape index (κ3) is 4.13. The highest BCUT2D eigenvalue weighted by molar-refractivity contribution is 7.98. The maximum absolute atomic E-state index is 5.76. The molecule has 0 spiro atoms. The molecule has 0 unspecified atom stereocenters. The van der Waals surface area contributed by atoms with Crippen LogP contribution in [0, 0.1) is 6.92 Å². The first-order chi connectivity index (χ1) is 11.5. The molecule has 1 aromatic carbocycles. The summed E-state index contributed by atoms with van der Waals surface area (Å²) in [6, 6.07) is 10.4. The van der Waals surface area contributed by atoms with Crippen LogP contribution in [-0.4, -0.2) is 15.0 Å². The summed E-state index contributed by atoms with van der Waals surface area (Å²) in [5, 5.41) is 3.84. The Hall–Kier alpha value is -1.92. The Morgan fingerprint density at radius 2 is 1.88 bits per heavy atom. The fourth-order valence-corrected chi connectivity index (χ4v) is 4.02. The van der Waals surface area contributed by atoms with Crippen molar-refractivity contribution in [1.82, 2.24) is 15.0 Å². The molecule has 0 saturated heterocycles. The molecule has 2 heterocycles. The van der Waals surface area contributed by atoms with Crippen molar-refractivity contribution in [2.75, 3.05) is 5.73 Å². The van der Waals surface area contributed by atoms with E-state index < -0.39 is 0 Å². The van der Waals surface area contributed by atoms with Gasteiger partial charge < -0.3 is 5.73 Å². The van der Waals surface area contributed by atoms with E-state index in [0.717, 1.165) is 27.7 Å². The number of thiazole rings is 1. The lowest BCUT2D eigenvalue weighted by molar-refractivity contribution is 0.867. The van der Waals surface area contributed by atoms with Gasteiger partial charge in [-0.15, -0.1) is 11.3 Å². The van der Waals surface area contributed by atoms with Crippen LogP contribution in [0.2, 0.25) is 0 Å². The van der Waals surface area contributed by atoms with Gasteiger partial charge in [-0.2, -0.15) is 0 Å². The molecule has 0 saturated carbocycles. The molecule has 24 heavy (non-hydrogen) atoms. The Balaban J connectivity index is 1.69. The lowest BCUT2D eigenvalue weighted by Crippen LogP contribution is -1.96. The standard InChI is InChI=1S/C18H20N4S2/c1-11(2)13-4-6-14(7-5-13)17-21-15(9-23-17)10-24-18-20-12(3)8-16(19)22-18/h4-9,11H,10H2,1-3H3,(H2,19,20,22). The fourth-order valence-electron chi connectivity index (χ4n) is 2.28. The molecule has 0 aliphatic carbocycles. The first-order valence-corrected chi connectivity index (χ1v) is 9.66. The van der Waals surface area contributed by atoms with Crippen LogP contribution < -0.4 is 5.73 Å². The molecule has 4 nitrogen and oxygen atoms in total. The minimum atomic E-state index is 0.509. The Kier molecular flexibility index (Phi) is 5.16. The van der Waals surface area contributed by atoms with Crippen molar-refractivity contribution in [3.63, 3.8) is 0 Å². The van der Waals surface area contributed by atoms with Gasteiger partial charge in [-0.25, -0.2) is 15.0 Å². The third-order valence-electron chi connectivity index (χ3n) is 3.58. The number of rotatable bonds is 5. The number of anilines is 1. The first-order valence-electron chi connectivity index (χ1n) is 7.80. The zero-order chi connectivity index (χ0) is 17.1. The molecular formula is C18H20N4S2. The van der Waals surface area contributed by atoms with E-state index in [1.165, 1.54) is 5.56 Å². The normalized spacial score (nSPS) is 11.2. The predicted molar refractivity (Wildman–Crippen MR) is 102 cm³/mol. The van der Waals surface area contributed by atoms with E-state index in [-0.39, 0.29) is 0 Å². The molecule has 2 N–H and O–H groups in total. The first kappa shape index (κ1) is 16.9. The number of nitrogens with two attached hydrogens (primary N) is 1. The Labute approximate surface area is 150 Å². The van der Waals surface area contributed by atoms with Gasteiger partial charge >= 0.3 is 0 Å². The van der Waals surface area contributed by atoms with E-state index in [1.54, 1.807) is 29.2 Å². The van der Waals surface area contributed by atoms with Gasteiger partial charge in [-0.3, -0.25) is 0 Å². The van der Waals surface area contributed by atoms with Crippen molar-refractivity contribution < 1.29 is 0 Å². The Morgan fingerprint density at radius 1 is 1.12 bits per heavy atom. The average Bonchev–Trinajstić information content (AvgIpc) is 3.01. The van der Waals surface area contributed by atoms with E-state index in [2.05, 4.69) is 53.5 Å². The number of nitrogen functional groups attached to an aromatic ring is 1. The van der Waals surface area contributed by atoms with Crippen molar-refractivity contribution in [2.24, 2.45) is 0 Å². The molecule has 0 aliphatic rings. The van der Waals surface area contributed by atoms with E-state index in [1.807, 2.05) is 6.92 Å². The summed E-state index contributed by atoms with van der Waals surface area (Å²) in [5.41, 5.74) is 10.2. The van der Waals surface area contributed by atoms with Gasteiger partial charge in [0.2, 0.25) is 0 Å². The molecular weight excluding hydrogens is 336 g/mol. The fraction of sp³-hybridized carbons (Fsp3) is 0.278. The number of hydrogen-bond acceptors (Lipinski definition) is 6. The zero-order valence-corrected chi connectivity index (χ0v) is 15.6. The van der Waals surface area contributed by atoms with E-state index in [9.17, 15) is 0 Å². The summed E-state index contributed by atoms with van der Waals surface area (Å²) >= 11 is 3.23. The van der Waals surface area contributed by atoms with Gasteiger partial charge in [-0.05, 0) is 18.4 Å². The zero-order valence-electron chi connectivity index (χ0n) is 14.0. The maximum atomic E-state index is 5.76. The van der Waals surface area contributed by atoms with Crippen LogP contribution in [0.1, 0.15) is 36.7 Å². The van der Waals surface area contributed by atoms with Crippen molar-refractivity contribution in [1.29, 1.82) is 0 Å². The monoisotopic (exact) mass is 356 g/mol. The summed E-state index contributed by atoms with van der Waals surface area (Å²) in [7, 11) is 0. The second-order valence-corrected chi connectivity index (χ2v) is 7.73. The van der Waals surface area contributed by atoms with Gasteiger partial charge in [0.05, 0.1) is 5.69 Å². The lowest BCUT2D eigenvalue weighted by Gasteiger charge is -2.05. The van der Waals surface area contributed by atoms with Crippen molar-refractivity contribution >= 4 is 28.9 Å². The second-order valence-electron chi connectivity index (χ2n) is 5.93. The van der Waals surface area contributed by atoms with Gasteiger partial charge in [0, 0.05) is 28.5 Å². The maximum Gasteiger partial charge on any atom is 0.190 e. The molecule has 6 heteroatoms. The van der Waals surface area contributed by atoms with Gasteiger partial charge in [-0.1, -0.05) is 49.9 Å². The minimum Gasteiger partial charge on any atom is -0.384 e. The van der Waals surface area contributed by atoms with Crippen LogP contribution in [0.25, 0.3) is 10.6 Å². The highest BCUT2D eigenvalue weighted by Gasteiger charge is 2.08. The number of benzene rings is 1. The van der Waals surface area contributed by atoms with Gasteiger partial charge in [0.15, 0.2) is 5.16 Å². The number of nitrogens with zero attached hydrogens (tertiary/aromatic N) is 3. The highest BCUT2D eigenvalue weighted by Crippen LogP contribution is 2.28. The summed E-state index contributed by atoms with van der Waals surface area (Å²) in [6.45, 7) is 6.32. The molecule has 0 radical (unpaired) electrons. The molecule has 0 atom stereocenters. The minimum absolute atomic E-state index is 0.509. The number of aromatic nitrogens is 3. The van der Waals surface area contributed by atoms with Crippen LogP contribution in [-0.2, 0) is 5.75 Å². The number of hydrogen-bond donors (Lipinski definition) is 1. The lowest BCUT2D eigenvalue weighted by atomic mass is 10.0. The summed E-state index contributed by atoms with van der Waals surface area (Å²) in [4.78, 5) is 13.4. The molecule has 0 bridgehead atoms. The van der Waals surface area contributed by atoms with Crippen molar-refractivity contribution in [2.45, 2.75) is 37.6 Å². The second kappa shape index (κ2) is 7.32. The smallest absolute Gasteiger partial charge is 0.190 e. The average molecular weight is 357 g/mol. The number of thioether (sulfide) groups is 1. The molecule has 3 rings (SSSR count). The van der Waals surface area contributed by atoms with E-state index in [4.69, 9.17) is 10.7 Å². The summed E-state index contributed by atoms with van der Waals surface area (Å²) < 4.78 is 0. The van der Waals surface area contributed by atoms with Crippen molar-refractivity contribution in [3.05, 3.63) is 52.7 Å². The summed E-state index contributed by atoms with van der Waals surface area (Å²) in [5.74, 6) is 1.79. The van der Waals surface area contributed by atoms with Crippen LogP contribution in [0.3, 0.4) is 0 Å². The van der Waals surface area contributed by atoms with Crippen LogP contribution in [0.5, 0.6) is 0 Å². The molecule has 0 aliphatic heterocycles.